The number of carbonyl (C=O) groups is 2. The minimum Gasteiger partial charge on any atom is -0.486 e. The van der Waals surface area contributed by atoms with Crippen molar-refractivity contribution in [3.8, 4) is 11.5 Å². The van der Waals surface area contributed by atoms with Gasteiger partial charge in [-0.25, -0.2) is 8.42 Å². The number of amides is 2. The third kappa shape index (κ3) is 5.31. The fourth-order valence-electron chi connectivity index (χ4n) is 3.35. The van der Waals surface area contributed by atoms with Gasteiger partial charge in [0, 0.05) is 12.1 Å². The van der Waals surface area contributed by atoms with Crippen molar-refractivity contribution in [2.75, 3.05) is 29.1 Å². The lowest BCUT2D eigenvalue weighted by Gasteiger charge is -2.29. The van der Waals surface area contributed by atoms with Crippen LogP contribution in [0.4, 0.5) is 11.4 Å². The fourth-order valence-corrected chi connectivity index (χ4v) is 4.51. The molecule has 0 saturated heterocycles. The number of nitrogens with one attached hydrogen (secondary N) is 2. The third-order valence-corrected chi connectivity index (χ3v) is 5.96. The topological polar surface area (TPSA) is 114 Å². The highest BCUT2D eigenvalue weighted by Crippen LogP contribution is 2.35. The summed E-state index contributed by atoms with van der Waals surface area (Å²) in [5.41, 5.74) is 0.843. The Kier molecular flexibility index (Phi) is 6.93. The number of hydrogen-bond donors (Lipinski definition) is 2. The zero-order valence-electron chi connectivity index (χ0n) is 18.4. The molecule has 2 N–H and O–H groups in total. The lowest BCUT2D eigenvalue weighted by atomic mass is 10.1. The minimum atomic E-state index is -3.83. The molecule has 1 aliphatic heterocycles. The van der Waals surface area contributed by atoms with E-state index in [0.717, 1.165) is 10.6 Å². The summed E-state index contributed by atoms with van der Waals surface area (Å²) in [5, 5.41) is 5.47. The van der Waals surface area contributed by atoms with E-state index in [4.69, 9.17) is 9.47 Å². The Morgan fingerprint density at radius 2 is 1.66 bits per heavy atom. The van der Waals surface area contributed by atoms with Gasteiger partial charge < -0.3 is 20.1 Å². The fraction of sp³-hybridized carbons (Fsp3) is 0.364. The van der Waals surface area contributed by atoms with Crippen molar-refractivity contribution in [1.29, 1.82) is 0 Å². The molecule has 0 spiro atoms. The van der Waals surface area contributed by atoms with Gasteiger partial charge in [-0.15, -0.1) is 0 Å². The lowest BCUT2D eigenvalue weighted by Crippen LogP contribution is -2.45. The minimum absolute atomic E-state index is 0.0823. The number of benzene rings is 2. The van der Waals surface area contributed by atoms with Crippen molar-refractivity contribution >= 4 is 33.2 Å². The van der Waals surface area contributed by atoms with Crippen LogP contribution in [-0.2, 0) is 14.8 Å². The molecule has 10 heteroatoms. The molecule has 0 unspecified atom stereocenters. The largest absolute Gasteiger partial charge is 0.486 e. The first-order valence-corrected chi connectivity index (χ1v) is 12.0. The van der Waals surface area contributed by atoms with Crippen LogP contribution in [0.2, 0.25) is 0 Å². The van der Waals surface area contributed by atoms with Gasteiger partial charge in [0.25, 0.3) is 5.91 Å². The number of hydrogen-bond acceptors (Lipinski definition) is 6. The van der Waals surface area contributed by atoms with Gasteiger partial charge in [0.1, 0.15) is 19.3 Å². The number of ether oxygens (including phenoxy) is 2. The van der Waals surface area contributed by atoms with Crippen LogP contribution in [0.25, 0.3) is 0 Å². The highest BCUT2D eigenvalue weighted by Gasteiger charge is 2.31. The first kappa shape index (κ1) is 23.4. The van der Waals surface area contributed by atoms with E-state index >= 15 is 0 Å². The number of rotatable bonds is 7. The highest BCUT2D eigenvalue weighted by molar-refractivity contribution is 7.92. The molecule has 1 heterocycles. The van der Waals surface area contributed by atoms with E-state index in [9.17, 15) is 18.0 Å². The van der Waals surface area contributed by atoms with Crippen molar-refractivity contribution in [2.45, 2.75) is 32.9 Å². The second-order valence-electron chi connectivity index (χ2n) is 7.73. The van der Waals surface area contributed by atoms with Gasteiger partial charge in [0.15, 0.2) is 11.5 Å². The molecule has 1 atom stereocenters. The maximum atomic E-state index is 13.1. The Labute approximate surface area is 187 Å². The Morgan fingerprint density at radius 1 is 1.00 bits per heavy atom. The average Bonchev–Trinajstić information content (AvgIpc) is 2.72. The molecule has 0 saturated carbocycles. The van der Waals surface area contributed by atoms with Crippen molar-refractivity contribution in [3.05, 3.63) is 48.0 Å². The lowest BCUT2D eigenvalue weighted by molar-refractivity contribution is -0.116. The molecular formula is C22H27N3O6S. The van der Waals surface area contributed by atoms with E-state index in [1.54, 1.807) is 36.4 Å². The number of carbonyl (C=O) groups excluding carboxylic acids is 2. The van der Waals surface area contributed by atoms with E-state index < -0.39 is 22.0 Å². The summed E-state index contributed by atoms with van der Waals surface area (Å²) < 4.78 is 37.2. The number of anilines is 2. The van der Waals surface area contributed by atoms with E-state index in [-0.39, 0.29) is 28.9 Å². The summed E-state index contributed by atoms with van der Waals surface area (Å²) >= 11 is 0. The van der Waals surface area contributed by atoms with Crippen LogP contribution >= 0.6 is 0 Å². The van der Waals surface area contributed by atoms with Gasteiger partial charge in [-0.05, 0) is 45.0 Å². The third-order valence-electron chi connectivity index (χ3n) is 4.72. The number of sulfonamides is 1. The molecule has 9 nitrogen and oxygen atoms in total. The number of fused-ring (bicyclic) bond motifs is 1. The molecule has 0 bridgehead atoms. The van der Waals surface area contributed by atoms with Gasteiger partial charge in [-0.1, -0.05) is 12.1 Å². The van der Waals surface area contributed by atoms with Gasteiger partial charge in [0.2, 0.25) is 15.9 Å². The van der Waals surface area contributed by atoms with Crippen LogP contribution in [0.3, 0.4) is 0 Å². The second-order valence-corrected chi connectivity index (χ2v) is 9.59. The summed E-state index contributed by atoms with van der Waals surface area (Å²) in [6.07, 6.45) is 1.03. The van der Waals surface area contributed by atoms with Crippen molar-refractivity contribution in [3.63, 3.8) is 0 Å². The summed E-state index contributed by atoms with van der Waals surface area (Å²) in [4.78, 5) is 25.5. The molecule has 3 rings (SSSR count). The van der Waals surface area contributed by atoms with Crippen molar-refractivity contribution < 1.29 is 27.5 Å². The predicted molar refractivity (Wildman–Crippen MR) is 122 cm³/mol. The molecule has 172 valence electrons. The van der Waals surface area contributed by atoms with E-state index in [0.29, 0.717) is 24.7 Å². The Morgan fingerprint density at radius 3 is 2.31 bits per heavy atom. The van der Waals surface area contributed by atoms with Crippen molar-refractivity contribution in [1.82, 2.24) is 5.32 Å². The van der Waals surface area contributed by atoms with Gasteiger partial charge in [0.05, 0.1) is 23.2 Å². The molecule has 2 amide bonds. The maximum absolute atomic E-state index is 13.1. The molecule has 32 heavy (non-hydrogen) atoms. The first-order chi connectivity index (χ1) is 15.1. The molecule has 2 aromatic carbocycles. The predicted octanol–water partition coefficient (Wildman–Crippen LogP) is 2.39. The highest BCUT2D eigenvalue weighted by atomic mass is 32.2. The number of nitrogens with zero attached hydrogens (tertiary/aromatic N) is 1. The van der Waals surface area contributed by atoms with Crippen LogP contribution < -0.4 is 24.4 Å². The standard InChI is InChI=1S/C22H27N3O6S/c1-14(2)23-22(27)17-7-5-6-8-18(17)24-21(26)15(3)25(32(4,28)29)16-9-10-19-20(13-16)31-12-11-30-19/h5-10,13-15H,11-12H2,1-4H3,(H,23,27)(H,24,26)/t15-/m0/s1. The van der Waals surface area contributed by atoms with Crippen LogP contribution in [0, 0.1) is 0 Å². The van der Waals surface area contributed by atoms with E-state index in [2.05, 4.69) is 10.6 Å². The molecule has 0 aliphatic carbocycles. The monoisotopic (exact) mass is 461 g/mol. The molecule has 1 aliphatic rings. The van der Waals surface area contributed by atoms with Crippen molar-refractivity contribution in [2.24, 2.45) is 0 Å². The summed E-state index contributed by atoms with van der Waals surface area (Å²) in [7, 11) is -3.83. The smallest absolute Gasteiger partial charge is 0.253 e. The normalized spacial score (nSPS) is 13.9. The zero-order chi connectivity index (χ0) is 23.5. The second kappa shape index (κ2) is 9.47. The molecule has 2 aromatic rings. The van der Waals surface area contributed by atoms with Gasteiger partial charge >= 0.3 is 0 Å². The maximum Gasteiger partial charge on any atom is 0.253 e. The van der Waals surface area contributed by atoms with Gasteiger partial charge in [-0.2, -0.15) is 0 Å². The summed E-state index contributed by atoms with van der Waals surface area (Å²) in [6, 6.07) is 10.1. The quantitative estimate of drug-likeness (QED) is 0.655. The van der Waals surface area contributed by atoms with Crippen LogP contribution in [0.1, 0.15) is 31.1 Å². The zero-order valence-corrected chi connectivity index (χ0v) is 19.2. The number of para-hydroxylation sites is 1. The first-order valence-electron chi connectivity index (χ1n) is 10.2. The summed E-state index contributed by atoms with van der Waals surface area (Å²) in [5.74, 6) is -0.00757. The van der Waals surface area contributed by atoms with E-state index in [1.807, 2.05) is 13.8 Å². The van der Waals surface area contributed by atoms with Crippen LogP contribution in [-0.4, -0.2) is 51.8 Å². The average molecular weight is 462 g/mol. The molecule has 0 aromatic heterocycles. The van der Waals surface area contributed by atoms with Gasteiger partial charge in [-0.3, -0.25) is 13.9 Å². The Bertz CT molecular complexity index is 1120. The molecule has 0 radical (unpaired) electrons. The Hall–Kier alpha value is -3.27. The van der Waals surface area contributed by atoms with E-state index in [1.165, 1.54) is 13.0 Å². The van der Waals surface area contributed by atoms with Crippen LogP contribution in [0.5, 0.6) is 11.5 Å². The van der Waals surface area contributed by atoms with Crippen LogP contribution in [0.15, 0.2) is 42.5 Å². The SMILES string of the molecule is CC(C)NC(=O)c1ccccc1NC(=O)[C@H](C)N(c1ccc2c(c1)OCCO2)S(C)(=O)=O. The molecule has 0 fully saturated rings. The Balaban J connectivity index is 1.88. The summed E-state index contributed by atoms with van der Waals surface area (Å²) in [6.45, 7) is 5.90. The molecular weight excluding hydrogens is 434 g/mol.